The van der Waals surface area contributed by atoms with Crippen molar-refractivity contribution in [2.45, 2.75) is 27.3 Å². The summed E-state index contributed by atoms with van der Waals surface area (Å²) in [6, 6.07) is 10.3. The summed E-state index contributed by atoms with van der Waals surface area (Å²) >= 11 is 9.63. The van der Waals surface area contributed by atoms with Crippen LogP contribution in [0.15, 0.2) is 34.8 Å². The second kappa shape index (κ2) is 5.98. The van der Waals surface area contributed by atoms with Gasteiger partial charge in [-0.05, 0) is 61.2 Å². The van der Waals surface area contributed by atoms with Crippen molar-refractivity contribution in [2.24, 2.45) is 0 Å². The van der Waals surface area contributed by atoms with Crippen molar-refractivity contribution < 1.29 is 0 Å². The van der Waals surface area contributed by atoms with Crippen molar-refractivity contribution in [2.75, 3.05) is 5.32 Å². The number of anilines is 1. The molecule has 0 spiro atoms. The van der Waals surface area contributed by atoms with Crippen molar-refractivity contribution in [1.29, 1.82) is 0 Å². The van der Waals surface area contributed by atoms with Gasteiger partial charge in [-0.2, -0.15) is 0 Å². The van der Waals surface area contributed by atoms with E-state index in [0.717, 1.165) is 21.7 Å². The van der Waals surface area contributed by atoms with Gasteiger partial charge in [-0.15, -0.1) is 0 Å². The number of rotatable bonds is 3. The van der Waals surface area contributed by atoms with Crippen LogP contribution in [0.5, 0.6) is 0 Å². The lowest BCUT2D eigenvalue weighted by Crippen LogP contribution is -2.03. The highest BCUT2D eigenvalue weighted by molar-refractivity contribution is 9.10. The van der Waals surface area contributed by atoms with Gasteiger partial charge in [0, 0.05) is 11.0 Å². The molecule has 2 aromatic carbocycles. The van der Waals surface area contributed by atoms with Gasteiger partial charge in [0.1, 0.15) is 0 Å². The number of hydrogen-bond donors (Lipinski definition) is 1. The molecule has 0 heterocycles. The normalized spacial score (nSPS) is 10.6. The molecule has 0 unspecified atom stereocenters. The molecule has 0 aliphatic rings. The third-order valence-electron chi connectivity index (χ3n) is 3.35. The van der Waals surface area contributed by atoms with E-state index in [0.29, 0.717) is 0 Å². The van der Waals surface area contributed by atoms with E-state index in [4.69, 9.17) is 11.6 Å². The Labute approximate surface area is 128 Å². The quantitative estimate of drug-likeness (QED) is 0.763. The predicted octanol–water partition coefficient (Wildman–Crippen LogP) is 5.64. The number of hydrogen-bond acceptors (Lipinski definition) is 1. The molecule has 19 heavy (non-hydrogen) atoms. The Balaban J connectivity index is 2.19. The van der Waals surface area contributed by atoms with Crippen molar-refractivity contribution in [3.8, 4) is 0 Å². The molecule has 3 heteroatoms. The molecule has 100 valence electrons. The highest BCUT2D eigenvalue weighted by Gasteiger charge is 2.04. The number of halogens is 2. The van der Waals surface area contributed by atoms with Crippen LogP contribution in [0.1, 0.15) is 22.3 Å². The lowest BCUT2D eigenvalue weighted by molar-refractivity contribution is 1.10. The minimum Gasteiger partial charge on any atom is -0.380 e. The average Bonchev–Trinajstić information content (AvgIpc) is 2.36. The van der Waals surface area contributed by atoms with E-state index in [1.54, 1.807) is 0 Å². The molecule has 2 rings (SSSR count). The summed E-state index contributed by atoms with van der Waals surface area (Å²) in [6.45, 7) is 7.21. The molecular weight excluding hydrogens is 322 g/mol. The first-order chi connectivity index (χ1) is 8.97. The third kappa shape index (κ3) is 3.52. The average molecular weight is 339 g/mol. The third-order valence-corrected chi connectivity index (χ3v) is 4.17. The Morgan fingerprint density at radius 2 is 1.68 bits per heavy atom. The van der Waals surface area contributed by atoms with Crippen molar-refractivity contribution >= 4 is 33.2 Å². The lowest BCUT2D eigenvalue weighted by atomic mass is 10.0. The van der Waals surface area contributed by atoms with E-state index in [1.165, 1.54) is 22.3 Å². The minimum atomic E-state index is 0.740. The lowest BCUT2D eigenvalue weighted by Gasteiger charge is -2.13. The Morgan fingerprint density at radius 3 is 2.42 bits per heavy atom. The van der Waals surface area contributed by atoms with Gasteiger partial charge in [0.15, 0.2) is 0 Å². The molecular formula is C16H17BrClN. The van der Waals surface area contributed by atoms with Gasteiger partial charge in [-0.1, -0.05) is 39.7 Å². The summed E-state index contributed by atoms with van der Waals surface area (Å²) in [6.07, 6.45) is 0. The molecule has 0 saturated carbocycles. The molecule has 2 aromatic rings. The predicted molar refractivity (Wildman–Crippen MR) is 87.1 cm³/mol. The van der Waals surface area contributed by atoms with E-state index in [-0.39, 0.29) is 0 Å². The fourth-order valence-corrected chi connectivity index (χ4v) is 2.58. The van der Waals surface area contributed by atoms with Gasteiger partial charge in [0.05, 0.1) is 10.7 Å². The fraction of sp³-hybridized carbons (Fsp3) is 0.250. The highest BCUT2D eigenvalue weighted by Crippen LogP contribution is 2.26. The van der Waals surface area contributed by atoms with Crippen LogP contribution in [0, 0.1) is 20.8 Å². The summed E-state index contributed by atoms with van der Waals surface area (Å²) in [4.78, 5) is 0. The molecule has 0 aromatic heterocycles. The molecule has 1 N–H and O–H groups in total. The summed E-state index contributed by atoms with van der Waals surface area (Å²) in [5.41, 5.74) is 6.22. The smallest absolute Gasteiger partial charge is 0.0638 e. The maximum atomic E-state index is 6.18. The first kappa shape index (κ1) is 14.4. The summed E-state index contributed by atoms with van der Waals surface area (Å²) < 4.78 is 1.02. The van der Waals surface area contributed by atoms with Crippen molar-refractivity contribution in [3.05, 3.63) is 62.1 Å². The Hall–Kier alpha value is -0.990. The van der Waals surface area contributed by atoms with Crippen LogP contribution in [0.3, 0.4) is 0 Å². The standard InChI is InChI=1S/C16H17BrClN/c1-10-6-12(3)13(7-11(10)2)9-19-16-8-14(17)4-5-15(16)18/h4-8,19H,9H2,1-3H3. The van der Waals surface area contributed by atoms with Gasteiger partial charge >= 0.3 is 0 Å². The number of nitrogens with one attached hydrogen (secondary N) is 1. The second-order valence-corrected chi connectivity index (χ2v) is 6.16. The van der Waals surface area contributed by atoms with Crippen LogP contribution >= 0.6 is 27.5 Å². The van der Waals surface area contributed by atoms with Crippen LogP contribution in [-0.4, -0.2) is 0 Å². The first-order valence-electron chi connectivity index (χ1n) is 6.23. The first-order valence-corrected chi connectivity index (χ1v) is 7.40. The Morgan fingerprint density at radius 1 is 1.00 bits per heavy atom. The Kier molecular flexibility index (Phi) is 4.54. The minimum absolute atomic E-state index is 0.740. The Bertz CT molecular complexity index is 608. The van der Waals surface area contributed by atoms with Crippen LogP contribution in [0.2, 0.25) is 5.02 Å². The molecule has 0 aliphatic carbocycles. The summed E-state index contributed by atoms with van der Waals surface area (Å²) in [5.74, 6) is 0. The highest BCUT2D eigenvalue weighted by atomic mass is 79.9. The van der Waals surface area contributed by atoms with Gasteiger partial charge < -0.3 is 5.32 Å². The van der Waals surface area contributed by atoms with Crippen LogP contribution in [0.4, 0.5) is 5.69 Å². The molecule has 0 bridgehead atoms. The topological polar surface area (TPSA) is 12.0 Å². The molecule has 0 amide bonds. The van der Waals surface area contributed by atoms with Gasteiger partial charge in [0.2, 0.25) is 0 Å². The van der Waals surface area contributed by atoms with E-state index >= 15 is 0 Å². The molecule has 1 nitrogen and oxygen atoms in total. The number of benzene rings is 2. The zero-order valence-corrected chi connectivity index (χ0v) is 13.7. The summed E-state index contributed by atoms with van der Waals surface area (Å²) in [5, 5.41) is 4.14. The zero-order chi connectivity index (χ0) is 14.0. The van der Waals surface area contributed by atoms with Crippen LogP contribution < -0.4 is 5.32 Å². The second-order valence-electron chi connectivity index (χ2n) is 4.84. The van der Waals surface area contributed by atoms with Crippen LogP contribution in [-0.2, 0) is 6.54 Å². The van der Waals surface area contributed by atoms with Gasteiger partial charge in [-0.25, -0.2) is 0 Å². The van der Waals surface area contributed by atoms with Gasteiger partial charge in [0.25, 0.3) is 0 Å². The van der Waals surface area contributed by atoms with Crippen LogP contribution in [0.25, 0.3) is 0 Å². The van der Waals surface area contributed by atoms with Crippen molar-refractivity contribution in [3.63, 3.8) is 0 Å². The molecule has 0 saturated heterocycles. The maximum absolute atomic E-state index is 6.18. The monoisotopic (exact) mass is 337 g/mol. The summed E-state index contributed by atoms with van der Waals surface area (Å²) in [7, 11) is 0. The van der Waals surface area contributed by atoms with E-state index in [1.807, 2.05) is 18.2 Å². The van der Waals surface area contributed by atoms with Crippen molar-refractivity contribution in [1.82, 2.24) is 0 Å². The van der Waals surface area contributed by atoms with E-state index < -0.39 is 0 Å². The SMILES string of the molecule is Cc1cc(C)c(CNc2cc(Br)ccc2Cl)cc1C. The molecule has 0 atom stereocenters. The molecule has 0 aliphatic heterocycles. The fourth-order valence-electron chi connectivity index (χ4n) is 2.03. The molecule has 0 radical (unpaired) electrons. The number of aryl methyl sites for hydroxylation is 3. The van der Waals surface area contributed by atoms with E-state index in [9.17, 15) is 0 Å². The van der Waals surface area contributed by atoms with E-state index in [2.05, 4.69) is 54.2 Å². The van der Waals surface area contributed by atoms with Gasteiger partial charge in [-0.3, -0.25) is 0 Å². The maximum Gasteiger partial charge on any atom is 0.0638 e. The largest absolute Gasteiger partial charge is 0.380 e. The zero-order valence-electron chi connectivity index (χ0n) is 11.3. The molecule has 0 fully saturated rings.